The molecule has 1 aromatic rings. The van der Waals surface area contributed by atoms with Crippen molar-refractivity contribution in [1.82, 2.24) is 0 Å². The molecule has 0 aliphatic heterocycles. The molecule has 1 aromatic carbocycles. The second-order valence-corrected chi connectivity index (χ2v) is 5.31. The number of aliphatic hydroxyl groups is 1. The van der Waals surface area contributed by atoms with Crippen molar-refractivity contribution in [1.29, 1.82) is 5.41 Å². The Kier molecular flexibility index (Phi) is 3.57. The number of nitrogen functional groups attached to an aromatic ring is 1. The molecule has 0 radical (unpaired) electrons. The summed E-state index contributed by atoms with van der Waals surface area (Å²) in [4.78, 5) is 2.13. The molecule has 4 nitrogen and oxygen atoms in total. The zero-order valence-corrected chi connectivity index (χ0v) is 11.0. The summed E-state index contributed by atoms with van der Waals surface area (Å²) < 4.78 is 0. The molecule has 1 saturated carbocycles. The number of anilines is 1. The molecule has 0 unspecified atom stereocenters. The van der Waals surface area contributed by atoms with Gasteiger partial charge in [0, 0.05) is 24.8 Å². The maximum Gasteiger partial charge on any atom is 0.124 e. The van der Waals surface area contributed by atoms with Crippen LogP contribution >= 0.6 is 0 Å². The Morgan fingerprint density at radius 2 is 2.17 bits per heavy atom. The van der Waals surface area contributed by atoms with E-state index in [0.717, 1.165) is 36.2 Å². The highest BCUT2D eigenvalue weighted by atomic mass is 16.3. The first kappa shape index (κ1) is 12.9. The molecular formula is C14H21N3O. The number of nitrogens with zero attached hydrogens (tertiary/aromatic N) is 1. The van der Waals surface area contributed by atoms with Gasteiger partial charge in [-0.2, -0.15) is 0 Å². The average molecular weight is 247 g/mol. The van der Waals surface area contributed by atoms with E-state index in [1.165, 1.54) is 0 Å². The normalized spacial score (nSPS) is 22.4. The van der Waals surface area contributed by atoms with Crippen LogP contribution in [0.5, 0.6) is 0 Å². The van der Waals surface area contributed by atoms with Gasteiger partial charge >= 0.3 is 0 Å². The number of hydrogen-bond acceptors (Lipinski definition) is 3. The molecule has 1 aliphatic carbocycles. The molecule has 0 spiro atoms. The Morgan fingerprint density at radius 3 is 2.72 bits per heavy atom. The highest BCUT2D eigenvalue weighted by molar-refractivity contribution is 6.00. The van der Waals surface area contributed by atoms with E-state index in [2.05, 4.69) is 4.90 Å². The number of nitrogens with two attached hydrogens (primary N) is 1. The zero-order chi connectivity index (χ0) is 13.3. The van der Waals surface area contributed by atoms with Crippen LogP contribution in [0.25, 0.3) is 0 Å². The van der Waals surface area contributed by atoms with E-state index < -0.39 is 0 Å². The minimum absolute atomic E-state index is 0.106. The molecule has 1 fully saturated rings. The monoisotopic (exact) mass is 247 g/mol. The largest absolute Gasteiger partial charge is 0.393 e. The maximum atomic E-state index is 9.31. The minimum Gasteiger partial charge on any atom is -0.393 e. The molecule has 0 heterocycles. The van der Waals surface area contributed by atoms with Gasteiger partial charge < -0.3 is 15.7 Å². The summed E-state index contributed by atoms with van der Waals surface area (Å²) in [6.45, 7) is 2.90. The van der Waals surface area contributed by atoms with Gasteiger partial charge in [-0.25, -0.2) is 0 Å². The van der Waals surface area contributed by atoms with Gasteiger partial charge in [-0.05, 0) is 37.8 Å². The molecule has 0 bridgehead atoms. The first-order valence-corrected chi connectivity index (χ1v) is 6.31. The van der Waals surface area contributed by atoms with Gasteiger partial charge in [-0.3, -0.25) is 5.41 Å². The van der Waals surface area contributed by atoms with Gasteiger partial charge in [-0.1, -0.05) is 11.6 Å². The third kappa shape index (κ3) is 2.64. The molecule has 0 amide bonds. The van der Waals surface area contributed by atoms with Crippen molar-refractivity contribution in [2.75, 3.05) is 18.5 Å². The van der Waals surface area contributed by atoms with E-state index in [1.54, 1.807) is 0 Å². The van der Waals surface area contributed by atoms with Crippen molar-refractivity contribution < 1.29 is 5.11 Å². The predicted octanol–water partition coefficient (Wildman–Crippen LogP) is 1.49. The Labute approximate surface area is 108 Å². The minimum atomic E-state index is -0.117. The number of hydrogen-bond donors (Lipinski definition) is 3. The van der Waals surface area contributed by atoms with E-state index in [-0.39, 0.29) is 11.9 Å². The summed E-state index contributed by atoms with van der Waals surface area (Å²) in [5.74, 6) is 0.653. The van der Waals surface area contributed by atoms with Gasteiger partial charge in [-0.15, -0.1) is 0 Å². The lowest BCUT2D eigenvalue weighted by molar-refractivity contribution is 0.0465. The fourth-order valence-corrected chi connectivity index (χ4v) is 2.53. The summed E-state index contributed by atoms with van der Waals surface area (Å²) in [5, 5.41) is 17.0. The number of aliphatic hydroxyl groups excluding tert-OH is 1. The number of nitrogens with one attached hydrogen (secondary N) is 1. The van der Waals surface area contributed by atoms with E-state index in [0.29, 0.717) is 5.92 Å². The van der Waals surface area contributed by atoms with Gasteiger partial charge in [0.05, 0.1) is 6.10 Å². The molecule has 0 atom stereocenters. The summed E-state index contributed by atoms with van der Waals surface area (Å²) in [7, 11) is 2.02. The molecule has 1 aliphatic rings. The molecule has 4 heteroatoms. The molecule has 18 heavy (non-hydrogen) atoms. The Morgan fingerprint density at radius 1 is 1.50 bits per heavy atom. The summed E-state index contributed by atoms with van der Waals surface area (Å²) in [5.41, 5.74) is 8.53. The van der Waals surface area contributed by atoms with Gasteiger partial charge in [0.1, 0.15) is 5.84 Å². The Hall–Kier alpha value is -1.55. The third-order valence-corrected chi connectivity index (χ3v) is 3.60. The van der Waals surface area contributed by atoms with Crippen molar-refractivity contribution in [2.24, 2.45) is 11.7 Å². The molecule has 2 rings (SSSR count). The smallest absolute Gasteiger partial charge is 0.124 e. The molecule has 0 aromatic heterocycles. The lowest BCUT2D eigenvalue weighted by Gasteiger charge is -2.35. The molecule has 98 valence electrons. The van der Waals surface area contributed by atoms with Crippen LogP contribution < -0.4 is 10.6 Å². The van der Waals surface area contributed by atoms with Crippen molar-refractivity contribution >= 4 is 11.5 Å². The van der Waals surface area contributed by atoms with Crippen molar-refractivity contribution in [3.05, 3.63) is 29.3 Å². The fourth-order valence-electron chi connectivity index (χ4n) is 2.53. The van der Waals surface area contributed by atoms with Crippen LogP contribution in [0.2, 0.25) is 0 Å². The van der Waals surface area contributed by atoms with Gasteiger partial charge in [0.25, 0.3) is 0 Å². The third-order valence-electron chi connectivity index (χ3n) is 3.60. The van der Waals surface area contributed by atoms with Crippen LogP contribution in [-0.2, 0) is 0 Å². The van der Waals surface area contributed by atoms with E-state index in [9.17, 15) is 5.11 Å². The van der Waals surface area contributed by atoms with Gasteiger partial charge in [0.2, 0.25) is 0 Å². The van der Waals surface area contributed by atoms with Gasteiger partial charge in [0.15, 0.2) is 0 Å². The maximum absolute atomic E-state index is 9.31. The van der Waals surface area contributed by atoms with Crippen LogP contribution in [0.3, 0.4) is 0 Å². The first-order chi connectivity index (χ1) is 8.47. The lowest BCUT2D eigenvalue weighted by atomic mass is 9.82. The standard InChI is InChI=1S/C14H21N3O/c1-9-3-4-13(12(5-9)14(15)16)17(2)8-10-6-11(18)7-10/h3-5,10-11,18H,6-8H2,1-2H3,(H3,15,16). The Bertz CT molecular complexity index is 452. The lowest BCUT2D eigenvalue weighted by Crippen LogP contribution is -2.37. The first-order valence-electron chi connectivity index (χ1n) is 6.31. The van der Waals surface area contributed by atoms with Crippen molar-refractivity contribution in [3.63, 3.8) is 0 Å². The second kappa shape index (κ2) is 4.98. The summed E-state index contributed by atoms with van der Waals surface area (Å²) in [6, 6.07) is 6.00. The SMILES string of the molecule is Cc1ccc(N(C)CC2CC(O)C2)c(C(=N)N)c1. The number of rotatable bonds is 4. The van der Waals surface area contributed by atoms with Crippen LogP contribution in [-0.4, -0.2) is 30.6 Å². The molecule has 0 saturated heterocycles. The van der Waals surface area contributed by atoms with Crippen LogP contribution in [0.4, 0.5) is 5.69 Å². The van der Waals surface area contributed by atoms with E-state index in [1.807, 2.05) is 32.2 Å². The highest BCUT2D eigenvalue weighted by Crippen LogP contribution is 2.30. The van der Waals surface area contributed by atoms with E-state index in [4.69, 9.17) is 11.1 Å². The van der Waals surface area contributed by atoms with Crippen molar-refractivity contribution in [3.8, 4) is 0 Å². The quantitative estimate of drug-likeness (QED) is 0.557. The second-order valence-electron chi connectivity index (χ2n) is 5.31. The fraction of sp³-hybridized carbons (Fsp3) is 0.500. The summed E-state index contributed by atoms with van der Waals surface area (Å²) in [6.07, 6.45) is 1.64. The average Bonchev–Trinajstić information content (AvgIpc) is 2.26. The van der Waals surface area contributed by atoms with Crippen molar-refractivity contribution in [2.45, 2.75) is 25.9 Å². The molecule has 4 N–H and O–H groups in total. The predicted molar refractivity (Wildman–Crippen MR) is 74.2 cm³/mol. The number of amidine groups is 1. The summed E-state index contributed by atoms with van der Waals surface area (Å²) >= 11 is 0. The molecular weight excluding hydrogens is 226 g/mol. The van der Waals surface area contributed by atoms with Crippen LogP contribution in [0.15, 0.2) is 18.2 Å². The highest BCUT2D eigenvalue weighted by Gasteiger charge is 2.28. The zero-order valence-electron chi connectivity index (χ0n) is 11.0. The number of aryl methyl sites for hydroxylation is 1. The van der Waals surface area contributed by atoms with E-state index >= 15 is 0 Å². The number of benzene rings is 1. The van der Waals surface area contributed by atoms with Crippen LogP contribution in [0, 0.1) is 18.3 Å². The Balaban J connectivity index is 2.13. The van der Waals surface area contributed by atoms with Crippen LogP contribution in [0.1, 0.15) is 24.0 Å². The topological polar surface area (TPSA) is 73.3 Å².